The van der Waals surface area contributed by atoms with E-state index in [1.165, 1.54) is 0 Å². The third-order valence-corrected chi connectivity index (χ3v) is 4.29. The van der Waals surface area contributed by atoms with E-state index in [4.69, 9.17) is 18.0 Å². The molecule has 8 heteroatoms. The Bertz CT molecular complexity index is 461. The fourth-order valence-electron chi connectivity index (χ4n) is 1.54. The fourth-order valence-corrected chi connectivity index (χ4v) is 3.15. The van der Waals surface area contributed by atoms with Gasteiger partial charge in [0.2, 0.25) is 11.9 Å². The monoisotopic (exact) mass is 314 g/mol. The summed E-state index contributed by atoms with van der Waals surface area (Å²) in [4.78, 5) is 16.7. The smallest absolute Gasteiger partial charge is 0.229 e. The van der Waals surface area contributed by atoms with E-state index in [1.807, 2.05) is 25.9 Å². The molecule has 20 heavy (non-hydrogen) atoms. The van der Waals surface area contributed by atoms with Crippen molar-refractivity contribution in [2.75, 3.05) is 37.8 Å². The Labute approximate surface area is 130 Å². The molecule has 1 heterocycles. The zero-order valence-corrected chi connectivity index (χ0v) is 14.3. The number of hydrogen-bond acceptors (Lipinski definition) is 7. The van der Waals surface area contributed by atoms with Crippen LogP contribution in [0.15, 0.2) is 0 Å². The summed E-state index contributed by atoms with van der Waals surface area (Å²) in [6.07, 6.45) is 0. The molecule has 1 aromatic heterocycles. The van der Waals surface area contributed by atoms with Crippen molar-refractivity contribution >= 4 is 40.2 Å². The molecule has 0 aliphatic rings. The summed E-state index contributed by atoms with van der Waals surface area (Å²) >= 11 is 7.01. The van der Waals surface area contributed by atoms with Crippen molar-refractivity contribution < 1.29 is 0 Å². The van der Waals surface area contributed by atoms with Crippen LogP contribution in [-0.4, -0.2) is 51.4 Å². The van der Waals surface area contributed by atoms with Crippen molar-refractivity contribution in [3.8, 4) is 0 Å². The van der Waals surface area contributed by atoms with E-state index in [-0.39, 0.29) is 11.2 Å². The highest BCUT2D eigenvalue weighted by atomic mass is 32.2. The molecule has 0 aliphatic carbocycles. The maximum Gasteiger partial charge on any atom is 0.229 e. The van der Waals surface area contributed by atoms with Crippen molar-refractivity contribution in [2.24, 2.45) is 0 Å². The number of nitrogens with zero attached hydrogens (tertiary/aromatic N) is 5. The molecule has 0 unspecified atom stereocenters. The number of nitrogens with two attached hydrogens (primary N) is 1. The van der Waals surface area contributed by atoms with Gasteiger partial charge in [0.05, 0.1) is 5.25 Å². The second-order valence-corrected chi connectivity index (χ2v) is 6.42. The topological polar surface area (TPSA) is 71.2 Å². The van der Waals surface area contributed by atoms with Gasteiger partial charge >= 0.3 is 0 Å². The van der Waals surface area contributed by atoms with E-state index in [1.54, 1.807) is 11.8 Å². The van der Waals surface area contributed by atoms with E-state index in [0.29, 0.717) is 11.8 Å². The zero-order valence-electron chi connectivity index (χ0n) is 12.6. The Hall–Kier alpha value is -1.15. The summed E-state index contributed by atoms with van der Waals surface area (Å²) in [5.41, 5.74) is 5.74. The first kappa shape index (κ1) is 16.9. The lowest BCUT2D eigenvalue weighted by Gasteiger charge is -2.23. The second kappa shape index (κ2) is 7.58. The molecule has 0 radical (unpaired) electrons. The van der Waals surface area contributed by atoms with Crippen LogP contribution >= 0.6 is 24.0 Å². The van der Waals surface area contributed by atoms with Gasteiger partial charge in [-0.05, 0) is 20.8 Å². The number of nitrogen functional groups attached to an aromatic ring is 1. The highest BCUT2D eigenvalue weighted by molar-refractivity contribution is 8.23. The summed E-state index contributed by atoms with van der Waals surface area (Å²) in [5.74, 6) is 1.45. The standard InChI is InChI=1S/C12H22N6S2/c1-6-18(7-2)12(19)20-8(3)9-14-10(13)16-11(15-9)17(4)5/h8H,6-7H2,1-5H3,(H2,13,14,15,16)/t8-/m1/s1. The van der Waals surface area contributed by atoms with Gasteiger partial charge in [-0.25, -0.2) is 0 Å². The van der Waals surface area contributed by atoms with E-state index in [0.717, 1.165) is 17.4 Å². The van der Waals surface area contributed by atoms with Crippen molar-refractivity contribution in [1.82, 2.24) is 19.9 Å². The Morgan fingerprint density at radius 2 is 1.85 bits per heavy atom. The molecule has 1 rings (SSSR count). The van der Waals surface area contributed by atoms with E-state index in [2.05, 4.69) is 33.7 Å². The van der Waals surface area contributed by atoms with Crippen molar-refractivity contribution in [3.05, 3.63) is 5.82 Å². The molecular weight excluding hydrogens is 292 g/mol. The van der Waals surface area contributed by atoms with E-state index < -0.39 is 0 Å². The molecule has 6 nitrogen and oxygen atoms in total. The molecule has 112 valence electrons. The van der Waals surface area contributed by atoms with Crippen molar-refractivity contribution in [3.63, 3.8) is 0 Å². The van der Waals surface area contributed by atoms with Gasteiger partial charge in [0, 0.05) is 27.2 Å². The Kier molecular flexibility index (Phi) is 6.41. The molecule has 1 atom stereocenters. The van der Waals surface area contributed by atoms with Crippen LogP contribution in [0.1, 0.15) is 31.8 Å². The average molecular weight is 314 g/mol. The van der Waals surface area contributed by atoms with Crippen LogP contribution in [0.5, 0.6) is 0 Å². The first-order valence-electron chi connectivity index (χ1n) is 6.53. The van der Waals surface area contributed by atoms with Gasteiger partial charge in [-0.15, -0.1) is 0 Å². The van der Waals surface area contributed by atoms with Gasteiger partial charge in [-0.3, -0.25) is 0 Å². The van der Waals surface area contributed by atoms with Gasteiger partial charge in [0.15, 0.2) is 0 Å². The fraction of sp³-hybridized carbons (Fsp3) is 0.667. The van der Waals surface area contributed by atoms with Crippen LogP contribution in [0.3, 0.4) is 0 Å². The molecule has 1 aromatic rings. The summed E-state index contributed by atoms with van der Waals surface area (Å²) < 4.78 is 0.855. The Morgan fingerprint density at radius 3 is 2.35 bits per heavy atom. The number of thiocarbonyl (C=S) groups is 1. The molecule has 0 aromatic carbocycles. The molecular formula is C12H22N6S2. The summed E-state index contributed by atoms with van der Waals surface area (Å²) in [5, 5.41) is 0.0344. The number of rotatable bonds is 5. The minimum absolute atomic E-state index is 0.0344. The molecule has 0 saturated heterocycles. The van der Waals surface area contributed by atoms with Crippen LogP contribution in [0, 0.1) is 0 Å². The molecule has 0 aliphatic heterocycles. The molecule has 0 bridgehead atoms. The van der Waals surface area contributed by atoms with Crippen LogP contribution in [0.2, 0.25) is 0 Å². The number of aromatic nitrogens is 3. The molecule has 0 amide bonds. The Balaban J connectivity index is 2.87. The number of hydrogen-bond donors (Lipinski definition) is 1. The second-order valence-electron chi connectivity index (χ2n) is 4.44. The van der Waals surface area contributed by atoms with E-state index >= 15 is 0 Å². The lowest BCUT2D eigenvalue weighted by molar-refractivity contribution is 0.482. The predicted octanol–water partition coefficient (Wildman–Crippen LogP) is 1.94. The predicted molar refractivity (Wildman–Crippen MR) is 90.1 cm³/mol. The third kappa shape index (κ3) is 4.45. The summed E-state index contributed by atoms with van der Waals surface area (Å²) in [6.45, 7) is 8.00. The van der Waals surface area contributed by atoms with Gasteiger partial charge in [0.1, 0.15) is 10.1 Å². The first-order chi connectivity index (χ1) is 9.38. The van der Waals surface area contributed by atoms with Gasteiger partial charge in [-0.1, -0.05) is 24.0 Å². The van der Waals surface area contributed by atoms with Gasteiger partial charge < -0.3 is 15.5 Å². The average Bonchev–Trinajstić information content (AvgIpc) is 2.39. The molecule has 0 fully saturated rings. The molecule has 0 saturated carbocycles. The highest BCUT2D eigenvalue weighted by Gasteiger charge is 2.17. The summed E-state index contributed by atoms with van der Waals surface area (Å²) in [6, 6.07) is 0. The SMILES string of the molecule is CCN(CC)C(=S)S[C@H](C)c1nc(N)nc(N(C)C)n1. The van der Waals surface area contributed by atoms with Crippen molar-refractivity contribution in [1.29, 1.82) is 0 Å². The van der Waals surface area contributed by atoms with Gasteiger partial charge in [0.25, 0.3) is 0 Å². The van der Waals surface area contributed by atoms with E-state index in [9.17, 15) is 0 Å². The van der Waals surface area contributed by atoms with Crippen LogP contribution in [0.25, 0.3) is 0 Å². The molecule has 0 spiro atoms. The Morgan fingerprint density at radius 1 is 1.25 bits per heavy atom. The quantitative estimate of drug-likeness (QED) is 0.827. The normalized spacial score (nSPS) is 12.1. The first-order valence-corrected chi connectivity index (χ1v) is 7.82. The zero-order chi connectivity index (χ0) is 15.3. The van der Waals surface area contributed by atoms with Crippen LogP contribution < -0.4 is 10.6 Å². The number of thioether (sulfide) groups is 1. The maximum absolute atomic E-state index is 5.74. The largest absolute Gasteiger partial charge is 0.368 e. The minimum atomic E-state index is 0.0344. The summed E-state index contributed by atoms with van der Waals surface area (Å²) in [7, 11) is 3.74. The van der Waals surface area contributed by atoms with Gasteiger partial charge in [-0.2, -0.15) is 15.0 Å². The third-order valence-electron chi connectivity index (χ3n) is 2.72. The maximum atomic E-state index is 5.74. The highest BCUT2D eigenvalue weighted by Crippen LogP contribution is 2.29. The van der Waals surface area contributed by atoms with Crippen LogP contribution in [-0.2, 0) is 0 Å². The molecule has 2 N–H and O–H groups in total. The van der Waals surface area contributed by atoms with Crippen LogP contribution in [0.4, 0.5) is 11.9 Å². The van der Waals surface area contributed by atoms with Crippen molar-refractivity contribution in [2.45, 2.75) is 26.0 Å². The minimum Gasteiger partial charge on any atom is -0.368 e. The lowest BCUT2D eigenvalue weighted by Crippen LogP contribution is -2.27. The lowest BCUT2D eigenvalue weighted by atomic mass is 10.4. The number of anilines is 2.